The van der Waals surface area contributed by atoms with Crippen LogP contribution in [0.1, 0.15) is 42.6 Å². The third-order valence-corrected chi connectivity index (χ3v) is 7.31. The second-order valence-electron chi connectivity index (χ2n) is 8.82. The summed E-state index contributed by atoms with van der Waals surface area (Å²) in [6.45, 7) is 5.32. The highest BCUT2D eigenvalue weighted by Crippen LogP contribution is 2.45. The fourth-order valence-electron chi connectivity index (χ4n) is 4.31. The van der Waals surface area contributed by atoms with Gasteiger partial charge in [0, 0.05) is 62.1 Å². The zero-order valence-electron chi connectivity index (χ0n) is 20.2. The molecule has 34 heavy (non-hydrogen) atoms. The van der Waals surface area contributed by atoms with E-state index in [0.717, 1.165) is 31.5 Å². The molecule has 0 fully saturated rings. The first-order valence-corrected chi connectivity index (χ1v) is 12.6. The summed E-state index contributed by atoms with van der Waals surface area (Å²) in [7, 11) is 2.13. The largest absolute Gasteiger partial charge is 0.399 e. The minimum atomic E-state index is 0.0547. The van der Waals surface area contributed by atoms with Crippen LogP contribution in [0, 0.1) is 13.8 Å². The number of aryl methyl sites for hydroxylation is 2. The molecule has 0 unspecified atom stereocenters. The van der Waals surface area contributed by atoms with Crippen molar-refractivity contribution in [3.63, 3.8) is 0 Å². The number of para-hydroxylation sites is 1. The van der Waals surface area contributed by atoms with Gasteiger partial charge in [-0.1, -0.05) is 23.9 Å². The molecular weight excluding hydrogens is 440 g/mol. The molecule has 0 aliphatic carbocycles. The number of unbranched alkanes of at least 4 members (excludes halogenated alkanes) is 2. The number of hydrogen-bond donors (Lipinski definition) is 2. The minimum absolute atomic E-state index is 0.0547. The average Bonchev–Trinajstić information content (AvgIpc) is 3.12. The lowest BCUT2D eigenvalue weighted by atomic mass is 10.1. The van der Waals surface area contributed by atoms with Gasteiger partial charge in [0.05, 0.1) is 10.7 Å². The van der Waals surface area contributed by atoms with Crippen molar-refractivity contribution in [3.8, 4) is 0 Å². The minimum Gasteiger partial charge on any atom is -0.399 e. The van der Waals surface area contributed by atoms with E-state index in [0.29, 0.717) is 12.1 Å². The van der Waals surface area contributed by atoms with E-state index in [1.54, 1.807) is 12.1 Å². The van der Waals surface area contributed by atoms with Gasteiger partial charge in [-0.3, -0.25) is 4.79 Å². The number of nitrogens with one attached hydrogen (secondary N) is 1. The van der Waals surface area contributed by atoms with Gasteiger partial charge in [0.2, 0.25) is 5.91 Å². The number of hydrogen-bond acceptors (Lipinski definition) is 4. The van der Waals surface area contributed by atoms with Gasteiger partial charge in [-0.05, 0) is 60.9 Å². The highest BCUT2D eigenvalue weighted by Gasteiger charge is 2.21. The predicted octanol–water partition coefficient (Wildman–Crippen LogP) is 5.91. The Morgan fingerprint density at radius 1 is 1.03 bits per heavy atom. The van der Waals surface area contributed by atoms with Crippen LogP contribution in [0.4, 0.5) is 17.1 Å². The first-order chi connectivity index (χ1) is 16.4. The molecule has 3 N–H and O–H groups in total. The van der Waals surface area contributed by atoms with Crippen LogP contribution in [0.5, 0.6) is 0 Å². The van der Waals surface area contributed by atoms with Crippen LogP contribution in [0.3, 0.4) is 0 Å². The van der Waals surface area contributed by atoms with Crippen molar-refractivity contribution in [2.45, 2.75) is 51.0 Å². The maximum Gasteiger partial charge on any atom is 0.224 e. The fraction of sp³-hybridized carbons (Fsp3) is 0.286. The van der Waals surface area contributed by atoms with Crippen molar-refractivity contribution in [1.82, 2.24) is 0 Å². The van der Waals surface area contributed by atoms with E-state index < -0.39 is 0 Å². The number of rotatable bonds is 8. The lowest BCUT2D eigenvalue weighted by Gasteiger charge is -2.13. The van der Waals surface area contributed by atoms with Crippen LogP contribution < -0.4 is 20.5 Å². The van der Waals surface area contributed by atoms with Crippen LogP contribution in [-0.4, -0.2) is 13.0 Å². The average molecular weight is 474 g/mol. The summed E-state index contributed by atoms with van der Waals surface area (Å²) in [6.07, 6.45) is 5.76. The van der Waals surface area contributed by atoms with Crippen LogP contribution in [-0.2, 0) is 11.3 Å². The summed E-state index contributed by atoms with van der Waals surface area (Å²) in [5.74, 6) is 0.0547. The number of pyridine rings is 1. The first-order valence-electron chi connectivity index (χ1n) is 11.8. The molecule has 0 saturated carbocycles. The summed E-state index contributed by atoms with van der Waals surface area (Å²) in [6, 6.07) is 20.3. The van der Waals surface area contributed by atoms with E-state index in [1.807, 2.05) is 23.9 Å². The zero-order valence-corrected chi connectivity index (χ0v) is 21.0. The van der Waals surface area contributed by atoms with Crippen LogP contribution in [0.15, 0.2) is 70.6 Å². The molecule has 1 aromatic heterocycles. The molecule has 0 radical (unpaired) electrons. The van der Waals surface area contributed by atoms with Crippen molar-refractivity contribution >= 4 is 40.8 Å². The third kappa shape index (κ3) is 5.81. The number of carbonyl (C=O) groups excluding carboxylic acids is 1. The molecule has 3 aromatic rings. The molecule has 0 spiro atoms. The van der Waals surface area contributed by atoms with Gasteiger partial charge in [-0.25, -0.2) is 4.57 Å². The van der Waals surface area contributed by atoms with Gasteiger partial charge in [0.25, 0.3) is 0 Å². The Morgan fingerprint density at radius 2 is 1.74 bits per heavy atom. The Morgan fingerprint density at radius 3 is 2.44 bits per heavy atom. The van der Waals surface area contributed by atoms with E-state index >= 15 is 0 Å². The molecule has 0 saturated heterocycles. The summed E-state index contributed by atoms with van der Waals surface area (Å²) < 4.78 is 2.37. The summed E-state index contributed by atoms with van der Waals surface area (Å²) in [5, 5.41) is 4.18. The zero-order chi connectivity index (χ0) is 24.1. The van der Waals surface area contributed by atoms with Gasteiger partial charge in [0.1, 0.15) is 6.54 Å². The van der Waals surface area contributed by atoms with E-state index in [-0.39, 0.29) is 5.91 Å². The van der Waals surface area contributed by atoms with Gasteiger partial charge in [0.15, 0.2) is 11.4 Å². The molecule has 176 valence electrons. The third-order valence-electron chi connectivity index (χ3n) is 6.14. The Labute approximate surface area is 206 Å². The lowest BCUT2D eigenvalue weighted by molar-refractivity contribution is -0.709. The molecular formula is C28H33N4OS+. The smallest absolute Gasteiger partial charge is 0.224 e. The van der Waals surface area contributed by atoms with Crippen molar-refractivity contribution in [2.24, 2.45) is 0 Å². The Hall–Kier alpha value is -3.25. The van der Waals surface area contributed by atoms with E-state index in [4.69, 9.17) is 5.73 Å². The van der Waals surface area contributed by atoms with Crippen LogP contribution >= 0.6 is 11.8 Å². The molecule has 2 aromatic carbocycles. The quantitative estimate of drug-likeness (QED) is 0.242. The monoisotopic (exact) mass is 473 g/mol. The molecule has 1 aliphatic rings. The van der Waals surface area contributed by atoms with E-state index in [2.05, 4.69) is 78.2 Å². The Bertz CT molecular complexity index is 1180. The van der Waals surface area contributed by atoms with Crippen molar-refractivity contribution in [1.29, 1.82) is 0 Å². The molecule has 2 heterocycles. The number of nitrogens with zero attached hydrogens (tertiary/aromatic N) is 2. The molecule has 5 nitrogen and oxygen atoms in total. The topological polar surface area (TPSA) is 62.2 Å². The number of fused-ring (bicyclic) bond motifs is 1. The maximum absolute atomic E-state index is 12.2. The molecule has 1 aliphatic heterocycles. The number of benzene rings is 2. The van der Waals surface area contributed by atoms with Crippen LogP contribution in [0.25, 0.3) is 6.08 Å². The number of nitrogen functional groups attached to an aromatic ring is 1. The maximum atomic E-state index is 12.2. The van der Waals surface area contributed by atoms with E-state index in [1.165, 1.54) is 32.6 Å². The molecule has 0 atom stereocenters. The Balaban J connectivity index is 1.27. The van der Waals surface area contributed by atoms with Crippen molar-refractivity contribution < 1.29 is 9.36 Å². The highest BCUT2D eigenvalue weighted by atomic mass is 32.2. The molecule has 6 heteroatoms. The normalized spacial score (nSPS) is 13.9. The molecule has 0 bridgehead atoms. The number of anilines is 3. The van der Waals surface area contributed by atoms with Gasteiger partial charge < -0.3 is 16.0 Å². The predicted molar refractivity (Wildman–Crippen MR) is 143 cm³/mol. The SMILES string of the molecule is Cc1cc(C=C2Sc3ccccc3N2C)cc(C)[n+]1CCCCCC(=O)Nc1ccc(N)cc1. The second-order valence-corrected chi connectivity index (χ2v) is 9.88. The summed E-state index contributed by atoms with van der Waals surface area (Å²) in [4.78, 5) is 15.7. The van der Waals surface area contributed by atoms with Crippen LogP contribution in [0.2, 0.25) is 0 Å². The number of thioether (sulfide) groups is 1. The standard InChI is InChI=1S/C28H32N4OS/c1-20-17-22(19-28-31(3)25-9-6-7-10-26(25)34-28)18-21(2)32(20)16-8-4-5-11-27(33)30-24-14-12-23(29)13-15-24/h6-7,9-10,12-15,17-19H,4-5,8,11,16,29H2,1-3H3/p+1. The molecule has 4 rings (SSSR count). The number of nitrogens with two attached hydrogens (primary N) is 1. The van der Waals surface area contributed by atoms with Crippen molar-refractivity contribution in [2.75, 3.05) is 23.0 Å². The Kier molecular flexibility index (Phi) is 7.58. The summed E-state index contributed by atoms with van der Waals surface area (Å²) in [5.41, 5.74) is 12.2. The number of carbonyl (C=O) groups is 1. The second kappa shape index (κ2) is 10.8. The van der Waals surface area contributed by atoms with Gasteiger partial charge >= 0.3 is 0 Å². The fourth-order valence-corrected chi connectivity index (χ4v) is 5.42. The molecule has 1 amide bonds. The first kappa shape index (κ1) is 23.9. The van der Waals surface area contributed by atoms with Gasteiger partial charge in [-0.15, -0.1) is 0 Å². The number of amides is 1. The van der Waals surface area contributed by atoms with Gasteiger partial charge in [-0.2, -0.15) is 0 Å². The number of aromatic nitrogens is 1. The highest BCUT2D eigenvalue weighted by molar-refractivity contribution is 8.03. The lowest BCUT2D eigenvalue weighted by Crippen LogP contribution is -2.40. The summed E-state index contributed by atoms with van der Waals surface area (Å²) >= 11 is 1.82. The van der Waals surface area contributed by atoms with E-state index in [9.17, 15) is 4.79 Å². The van der Waals surface area contributed by atoms with Crippen molar-refractivity contribution in [3.05, 3.63) is 82.6 Å².